The van der Waals surface area contributed by atoms with E-state index in [1.165, 1.54) is 18.3 Å². The summed E-state index contributed by atoms with van der Waals surface area (Å²) in [5, 5.41) is 0. The zero-order valence-electron chi connectivity index (χ0n) is 3.28. The van der Waals surface area contributed by atoms with Crippen LogP contribution in [0.3, 0.4) is 0 Å². The predicted octanol–water partition coefficient (Wildman–Crippen LogP) is 1.36. The van der Waals surface area contributed by atoms with E-state index in [0.717, 1.165) is 4.51 Å². The standard InChI is InChI=1S/C3H7.Zn/c1-3-2;/h3H,1-2H3;. The molecule has 0 spiro atoms. The first-order chi connectivity index (χ1) is 1.73. The van der Waals surface area contributed by atoms with Gasteiger partial charge in [0, 0.05) is 0 Å². The fraction of sp³-hybridized carbons (Fsp3) is 1.00. The molecule has 0 aliphatic rings. The van der Waals surface area contributed by atoms with Gasteiger partial charge in [0.1, 0.15) is 0 Å². The quantitative estimate of drug-likeness (QED) is 0.411. The molecule has 4 heavy (non-hydrogen) atoms. The summed E-state index contributed by atoms with van der Waals surface area (Å²) in [6.07, 6.45) is 0. The molecule has 0 fully saturated rings. The molecule has 1 heteroatoms. The SMILES string of the molecule is C[CH](C)[Zn]. The summed E-state index contributed by atoms with van der Waals surface area (Å²) >= 11 is 1.43. The second kappa shape index (κ2) is 1.90. The van der Waals surface area contributed by atoms with Gasteiger partial charge in [0.05, 0.1) is 0 Å². The molecule has 0 aliphatic carbocycles. The van der Waals surface area contributed by atoms with E-state index in [2.05, 4.69) is 13.8 Å². The second-order valence-electron chi connectivity index (χ2n) is 1.39. The Balaban J connectivity index is 2.32. The molecule has 0 saturated carbocycles. The number of hydrogen-bond donors (Lipinski definition) is 0. The van der Waals surface area contributed by atoms with Gasteiger partial charge in [-0.1, -0.05) is 0 Å². The Labute approximate surface area is 37.3 Å². The van der Waals surface area contributed by atoms with Gasteiger partial charge < -0.3 is 0 Å². The average Bonchev–Trinajstić information content (AvgIpc) is 0.811. The van der Waals surface area contributed by atoms with E-state index in [-0.39, 0.29) is 0 Å². The Kier molecular flexibility index (Phi) is 2.20. The summed E-state index contributed by atoms with van der Waals surface area (Å²) < 4.78 is 0.958. The molecule has 0 radical (unpaired) electrons. The first kappa shape index (κ1) is 4.62. The summed E-state index contributed by atoms with van der Waals surface area (Å²) in [5.74, 6) is 0. The predicted molar refractivity (Wildman–Crippen MR) is 15.1 cm³/mol. The Morgan fingerprint density at radius 3 is 1.50 bits per heavy atom. The zero-order valence-corrected chi connectivity index (χ0v) is 6.25. The van der Waals surface area contributed by atoms with Crippen molar-refractivity contribution in [2.24, 2.45) is 0 Å². The van der Waals surface area contributed by atoms with Crippen molar-refractivity contribution in [3.8, 4) is 0 Å². The minimum atomic E-state index is 0.958. The molecule has 0 aromatic rings. The molecule has 0 N–H and O–H groups in total. The topological polar surface area (TPSA) is 0 Å². The van der Waals surface area contributed by atoms with E-state index in [9.17, 15) is 0 Å². The van der Waals surface area contributed by atoms with Crippen molar-refractivity contribution in [2.45, 2.75) is 18.4 Å². The van der Waals surface area contributed by atoms with E-state index < -0.39 is 0 Å². The molecular formula is C3H7Zn. The van der Waals surface area contributed by atoms with Crippen LogP contribution in [0.4, 0.5) is 0 Å². The molecule has 0 amide bonds. The van der Waals surface area contributed by atoms with Gasteiger partial charge in [0.25, 0.3) is 0 Å². The molecule has 0 aliphatic heterocycles. The van der Waals surface area contributed by atoms with Gasteiger partial charge in [-0.15, -0.1) is 0 Å². The average molecular weight is 108 g/mol. The maximum atomic E-state index is 2.22. The van der Waals surface area contributed by atoms with Crippen LogP contribution in [-0.4, -0.2) is 0 Å². The first-order valence-electron chi connectivity index (χ1n) is 1.56. The number of hydrogen-bond acceptors (Lipinski definition) is 0. The Morgan fingerprint density at radius 1 is 1.50 bits per heavy atom. The van der Waals surface area contributed by atoms with Crippen LogP contribution < -0.4 is 0 Å². The van der Waals surface area contributed by atoms with Crippen LogP contribution in [-0.2, 0) is 18.3 Å². The van der Waals surface area contributed by atoms with E-state index >= 15 is 0 Å². The molecule has 0 heterocycles. The molecule has 0 saturated heterocycles. The summed E-state index contributed by atoms with van der Waals surface area (Å²) in [4.78, 5) is 0. The molecule has 0 atom stereocenters. The molecule has 0 bridgehead atoms. The van der Waals surface area contributed by atoms with Gasteiger partial charge in [0.2, 0.25) is 0 Å². The number of rotatable bonds is 0. The van der Waals surface area contributed by atoms with Crippen molar-refractivity contribution in [1.29, 1.82) is 0 Å². The Morgan fingerprint density at radius 2 is 1.50 bits per heavy atom. The van der Waals surface area contributed by atoms with Crippen LogP contribution in [0.5, 0.6) is 0 Å². The van der Waals surface area contributed by atoms with E-state index in [1.807, 2.05) is 0 Å². The third-order valence-corrected chi connectivity index (χ3v) is 0. The zero-order chi connectivity index (χ0) is 3.58. The van der Waals surface area contributed by atoms with Gasteiger partial charge in [-0.05, 0) is 0 Å². The van der Waals surface area contributed by atoms with Crippen molar-refractivity contribution >= 4 is 0 Å². The van der Waals surface area contributed by atoms with Crippen molar-refractivity contribution < 1.29 is 18.3 Å². The maximum absolute atomic E-state index is 2.22. The summed E-state index contributed by atoms with van der Waals surface area (Å²) in [6.45, 7) is 4.44. The fourth-order valence-electron chi connectivity index (χ4n) is 0. The van der Waals surface area contributed by atoms with Gasteiger partial charge >= 0.3 is 36.7 Å². The Hall–Kier alpha value is 0.623. The normalized spacial score (nSPS) is 9.25. The van der Waals surface area contributed by atoms with Crippen LogP contribution in [0.15, 0.2) is 0 Å². The van der Waals surface area contributed by atoms with E-state index in [0.29, 0.717) is 0 Å². The van der Waals surface area contributed by atoms with Gasteiger partial charge in [-0.25, -0.2) is 0 Å². The second-order valence-corrected chi connectivity index (χ2v) is 4.82. The van der Waals surface area contributed by atoms with Crippen LogP contribution in [0, 0.1) is 0 Å². The molecule has 0 aromatic heterocycles. The van der Waals surface area contributed by atoms with Crippen LogP contribution in [0.25, 0.3) is 0 Å². The minimum absolute atomic E-state index is 0.958. The third-order valence-electron chi connectivity index (χ3n) is 0. The molecule has 21 valence electrons. The monoisotopic (exact) mass is 107 g/mol. The van der Waals surface area contributed by atoms with E-state index in [4.69, 9.17) is 0 Å². The van der Waals surface area contributed by atoms with Crippen molar-refractivity contribution in [2.75, 3.05) is 0 Å². The first-order valence-corrected chi connectivity index (χ1v) is 3.28. The fourth-order valence-corrected chi connectivity index (χ4v) is 0. The van der Waals surface area contributed by atoms with Gasteiger partial charge in [0.15, 0.2) is 0 Å². The van der Waals surface area contributed by atoms with Crippen molar-refractivity contribution in [3.63, 3.8) is 0 Å². The molecule has 0 unspecified atom stereocenters. The molecule has 0 nitrogen and oxygen atoms in total. The molecule has 0 aromatic carbocycles. The van der Waals surface area contributed by atoms with Crippen LogP contribution in [0.2, 0.25) is 4.51 Å². The van der Waals surface area contributed by atoms with Gasteiger partial charge in [-0.2, -0.15) is 0 Å². The molecular weight excluding hydrogens is 101 g/mol. The van der Waals surface area contributed by atoms with Crippen LogP contribution in [0.1, 0.15) is 13.8 Å². The van der Waals surface area contributed by atoms with Crippen LogP contribution >= 0.6 is 0 Å². The van der Waals surface area contributed by atoms with Gasteiger partial charge in [-0.3, -0.25) is 0 Å². The molecule has 0 rings (SSSR count). The third kappa shape index (κ3) is 17.8. The summed E-state index contributed by atoms with van der Waals surface area (Å²) in [7, 11) is 0. The van der Waals surface area contributed by atoms with Crippen molar-refractivity contribution in [1.82, 2.24) is 0 Å². The Bertz CT molecular complexity index is 8.00. The summed E-state index contributed by atoms with van der Waals surface area (Å²) in [6, 6.07) is 0. The van der Waals surface area contributed by atoms with E-state index in [1.54, 1.807) is 0 Å². The summed E-state index contributed by atoms with van der Waals surface area (Å²) in [5.41, 5.74) is 0. The van der Waals surface area contributed by atoms with Crippen molar-refractivity contribution in [3.05, 3.63) is 0 Å².